The van der Waals surface area contributed by atoms with Gasteiger partial charge < -0.3 is 14.0 Å². The minimum Gasteiger partial charge on any atom is -0.481 e. The first-order valence-corrected chi connectivity index (χ1v) is 8.57. The summed E-state index contributed by atoms with van der Waals surface area (Å²) in [6.07, 6.45) is -0.451. The molecule has 0 N–H and O–H groups in total. The number of methoxy groups -OCH3 is 1. The molecule has 2 rings (SSSR count). The van der Waals surface area contributed by atoms with Crippen LogP contribution in [0.2, 0.25) is 5.02 Å². The van der Waals surface area contributed by atoms with Crippen molar-refractivity contribution in [3.8, 4) is 5.75 Å². The normalized spacial score (nSPS) is 12.0. The third-order valence-electron chi connectivity index (χ3n) is 3.17. The molecule has 0 amide bonds. The molecule has 0 radical (unpaired) electrons. The topological polar surface area (TPSA) is 66.2 Å². The summed E-state index contributed by atoms with van der Waals surface area (Å²) < 4.78 is 25.3. The highest BCUT2D eigenvalue weighted by molar-refractivity contribution is 7.99. The van der Waals surface area contributed by atoms with Crippen LogP contribution in [0.15, 0.2) is 23.4 Å². The molecule has 0 saturated carbocycles. The molecule has 0 bridgehead atoms. The van der Waals surface area contributed by atoms with E-state index in [4.69, 9.17) is 16.3 Å². The number of hydrogen-bond acceptors (Lipinski definition) is 6. The number of hydrogen-bond donors (Lipinski definition) is 0. The summed E-state index contributed by atoms with van der Waals surface area (Å²) in [5.74, 6) is 0.325. The molecule has 1 atom stereocenters. The molecule has 24 heavy (non-hydrogen) atoms. The summed E-state index contributed by atoms with van der Waals surface area (Å²) in [6, 6.07) is 3.93. The van der Waals surface area contributed by atoms with Gasteiger partial charge in [-0.3, -0.25) is 4.79 Å². The van der Waals surface area contributed by atoms with E-state index in [0.717, 1.165) is 0 Å². The number of halogens is 2. The number of carbonyl (C=O) groups is 1. The quantitative estimate of drug-likeness (QED) is 0.546. The Bertz CT molecular complexity index is 726. The van der Waals surface area contributed by atoms with Crippen molar-refractivity contribution in [3.63, 3.8) is 0 Å². The van der Waals surface area contributed by atoms with Gasteiger partial charge in [-0.25, -0.2) is 4.39 Å². The molecule has 130 valence electrons. The smallest absolute Gasteiger partial charge is 0.316 e. The highest BCUT2D eigenvalue weighted by atomic mass is 35.5. The third-order valence-corrected chi connectivity index (χ3v) is 4.41. The van der Waals surface area contributed by atoms with Crippen molar-refractivity contribution in [2.24, 2.45) is 0 Å². The molecule has 0 aliphatic carbocycles. The van der Waals surface area contributed by atoms with Crippen molar-refractivity contribution in [1.82, 2.24) is 14.8 Å². The minimum atomic E-state index is -0.451. The zero-order chi connectivity index (χ0) is 17.7. The average Bonchev–Trinajstić information content (AvgIpc) is 2.98. The molecule has 1 unspecified atom stereocenters. The van der Waals surface area contributed by atoms with Crippen molar-refractivity contribution >= 4 is 29.3 Å². The second kappa shape index (κ2) is 8.34. The Labute approximate surface area is 148 Å². The van der Waals surface area contributed by atoms with Gasteiger partial charge in [-0.1, -0.05) is 23.4 Å². The van der Waals surface area contributed by atoms with Crippen molar-refractivity contribution in [3.05, 3.63) is 34.9 Å². The molecule has 6 nitrogen and oxygen atoms in total. The lowest BCUT2D eigenvalue weighted by Gasteiger charge is -2.16. The number of thioether (sulfide) groups is 1. The van der Waals surface area contributed by atoms with Crippen LogP contribution in [0.1, 0.15) is 25.8 Å². The van der Waals surface area contributed by atoms with Crippen molar-refractivity contribution in [2.45, 2.75) is 31.7 Å². The van der Waals surface area contributed by atoms with Crippen LogP contribution >= 0.6 is 23.4 Å². The van der Waals surface area contributed by atoms with Gasteiger partial charge >= 0.3 is 5.97 Å². The zero-order valence-corrected chi connectivity index (χ0v) is 15.0. The fraction of sp³-hybridized carbons (Fsp3) is 0.400. The zero-order valence-electron chi connectivity index (χ0n) is 13.5. The molecule has 0 fully saturated rings. The number of esters is 1. The van der Waals surface area contributed by atoms with Gasteiger partial charge in [0.1, 0.15) is 11.6 Å². The van der Waals surface area contributed by atoms with E-state index in [1.807, 2.05) is 11.5 Å². The van der Waals surface area contributed by atoms with Crippen molar-refractivity contribution < 1.29 is 18.7 Å². The third kappa shape index (κ3) is 4.39. The first-order chi connectivity index (χ1) is 11.5. The first kappa shape index (κ1) is 18.5. The van der Waals surface area contributed by atoms with Crippen LogP contribution in [0.3, 0.4) is 0 Å². The van der Waals surface area contributed by atoms with Crippen LogP contribution < -0.4 is 4.74 Å². The fourth-order valence-corrected chi connectivity index (χ4v) is 3.05. The maximum Gasteiger partial charge on any atom is 0.316 e. The van der Waals surface area contributed by atoms with E-state index in [9.17, 15) is 9.18 Å². The van der Waals surface area contributed by atoms with Crippen molar-refractivity contribution in [2.75, 3.05) is 12.9 Å². The summed E-state index contributed by atoms with van der Waals surface area (Å²) in [5.41, 5.74) is 0. The maximum atomic E-state index is 13.1. The molecule has 9 heteroatoms. The van der Waals surface area contributed by atoms with Crippen LogP contribution in [0.5, 0.6) is 5.75 Å². The Morgan fingerprint density at radius 2 is 2.21 bits per heavy atom. The summed E-state index contributed by atoms with van der Waals surface area (Å²) >= 11 is 7.21. The fourth-order valence-electron chi connectivity index (χ4n) is 2.00. The average molecular weight is 374 g/mol. The Morgan fingerprint density at radius 1 is 1.46 bits per heavy atom. The first-order valence-electron chi connectivity index (χ1n) is 7.20. The maximum absolute atomic E-state index is 13.1. The molecular weight excluding hydrogens is 357 g/mol. The van der Waals surface area contributed by atoms with Gasteiger partial charge in [0.15, 0.2) is 17.1 Å². The second-order valence-corrected chi connectivity index (χ2v) is 6.13. The van der Waals surface area contributed by atoms with E-state index < -0.39 is 11.9 Å². The standard InChI is InChI=1S/C15H17ClFN3O3S/c1-4-20-14(18-19-15(20)24-8-13(21)22-3)9(2)23-12-6-5-10(17)7-11(12)16/h5-7,9H,4,8H2,1-3H3. The van der Waals surface area contributed by atoms with E-state index >= 15 is 0 Å². The van der Waals surface area contributed by atoms with E-state index in [-0.39, 0.29) is 16.7 Å². The lowest BCUT2D eigenvalue weighted by atomic mass is 10.3. The summed E-state index contributed by atoms with van der Waals surface area (Å²) in [4.78, 5) is 11.3. The van der Waals surface area contributed by atoms with Gasteiger partial charge in [-0.15, -0.1) is 10.2 Å². The molecule has 0 saturated heterocycles. The van der Waals surface area contributed by atoms with E-state index in [1.54, 1.807) is 6.92 Å². The number of aromatic nitrogens is 3. The van der Waals surface area contributed by atoms with E-state index in [0.29, 0.717) is 23.3 Å². The molecule has 2 aromatic rings. The van der Waals surface area contributed by atoms with Crippen LogP contribution in [-0.2, 0) is 16.1 Å². The highest BCUT2D eigenvalue weighted by Crippen LogP contribution is 2.30. The van der Waals surface area contributed by atoms with Crippen LogP contribution in [-0.4, -0.2) is 33.6 Å². The molecular formula is C15H17ClFN3O3S. The Morgan fingerprint density at radius 3 is 2.83 bits per heavy atom. The second-order valence-electron chi connectivity index (χ2n) is 4.78. The molecule has 1 heterocycles. The Balaban J connectivity index is 2.15. The van der Waals surface area contributed by atoms with Gasteiger partial charge in [0.25, 0.3) is 0 Å². The Kier molecular flexibility index (Phi) is 6.44. The molecule has 0 aliphatic heterocycles. The lowest BCUT2D eigenvalue weighted by molar-refractivity contribution is -0.137. The van der Waals surface area contributed by atoms with Gasteiger partial charge in [0.2, 0.25) is 0 Å². The lowest BCUT2D eigenvalue weighted by Crippen LogP contribution is -2.12. The summed E-state index contributed by atoms with van der Waals surface area (Å²) in [7, 11) is 1.33. The minimum absolute atomic E-state index is 0.146. The van der Waals surface area contributed by atoms with Crippen molar-refractivity contribution in [1.29, 1.82) is 0 Å². The molecule has 0 aliphatic rings. The van der Waals surface area contributed by atoms with Gasteiger partial charge in [-0.05, 0) is 32.0 Å². The number of carbonyl (C=O) groups excluding carboxylic acids is 1. The summed E-state index contributed by atoms with van der Waals surface area (Å²) in [5, 5.41) is 9.00. The number of benzene rings is 1. The number of rotatable bonds is 7. The Hall–Kier alpha value is -1.80. The molecule has 0 spiro atoms. The molecule has 1 aromatic heterocycles. The van der Waals surface area contributed by atoms with Crippen LogP contribution in [0.4, 0.5) is 4.39 Å². The number of ether oxygens (including phenoxy) is 2. The highest BCUT2D eigenvalue weighted by Gasteiger charge is 2.20. The van der Waals surface area contributed by atoms with Gasteiger partial charge in [0.05, 0.1) is 17.9 Å². The monoisotopic (exact) mass is 373 g/mol. The van der Waals surface area contributed by atoms with E-state index in [2.05, 4.69) is 14.9 Å². The largest absolute Gasteiger partial charge is 0.481 e. The predicted molar refractivity (Wildman–Crippen MR) is 88.9 cm³/mol. The molecule has 1 aromatic carbocycles. The van der Waals surface area contributed by atoms with E-state index in [1.165, 1.54) is 37.1 Å². The number of nitrogens with zero attached hydrogens (tertiary/aromatic N) is 3. The predicted octanol–water partition coefficient (Wildman–Crippen LogP) is 3.50. The van der Waals surface area contributed by atoms with Crippen LogP contribution in [0, 0.1) is 5.82 Å². The SMILES string of the molecule is CCn1c(SCC(=O)OC)nnc1C(C)Oc1ccc(F)cc1Cl. The van der Waals surface area contributed by atoms with Gasteiger partial charge in [-0.2, -0.15) is 0 Å². The summed E-state index contributed by atoms with van der Waals surface area (Å²) in [6.45, 7) is 4.34. The van der Waals surface area contributed by atoms with Gasteiger partial charge in [0, 0.05) is 6.54 Å². The van der Waals surface area contributed by atoms with Crippen LogP contribution in [0.25, 0.3) is 0 Å².